The predicted octanol–water partition coefficient (Wildman–Crippen LogP) is 7.78. The normalized spacial score (nSPS) is 11.6. The molecule has 0 bridgehead atoms. The number of anilines is 2. The number of hydrogen-bond donors (Lipinski definition) is 3. The van der Waals surface area contributed by atoms with Crippen molar-refractivity contribution >= 4 is 52.6 Å². The number of amides is 3. The lowest BCUT2D eigenvalue weighted by Crippen LogP contribution is -2.30. The molecule has 5 aromatic rings. The van der Waals surface area contributed by atoms with Crippen molar-refractivity contribution in [3.05, 3.63) is 172 Å². The number of nitro groups is 1. The summed E-state index contributed by atoms with van der Waals surface area (Å²) in [5.74, 6) is -1.21. The number of carbonyl (C=O) groups excluding carboxylic acids is 3. The molecule has 5 rings (SSSR count). The molecule has 9 nitrogen and oxygen atoms in total. The number of aryl methyl sites for hydroxylation is 1. The van der Waals surface area contributed by atoms with Crippen LogP contribution in [0, 0.1) is 17.0 Å². The van der Waals surface area contributed by atoms with E-state index in [2.05, 4.69) is 16.0 Å². The van der Waals surface area contributed by atoms with Gasteiger partial charge in [0.15, 0.2) is 0 Å². The van der Waals surface area contributed by atoms with E-state index in [0.29, 0.717) is 22.5 Å². The summed E-state index contributed by atoms with van der Waals surface area (Å²) in [6.45, 7) is 1.70. The highest BCUT2D eigenvalue weighted by atomic mass is 32.2. The Morgan fingerprint density at radius 2 is 1.38 bits per heavy atom. The largest absolute Gasteiger partial charge is 0.325 e. The maximum Gasteiger partial charge on any atom is 0.272 e. The van der Waals surface area contributed by atoms with Gasteiger partial charge in [-0.15, -0.1) is 11.8 Å². The topological polar surface area (TPSA) is 130 Å². The van der Waals surface area contributed by atoms with Gasteiger partial charge in [-0.3, -0.25) is 24.5 Å². The monoisotopic (exact) mass is 642 g/mol. The third-order valence-electron chi connectivity index (χ3n) is 7.02. The van der Waals surface area contributed by atoms with Gasteiger partial charge >= 0.3 is 0 Å². The molecule has 10 heteroatoms. The lowest BCUT2D eigenvalue weighted by atomic mass is 10.1. The Kier molecular flexibility index (Phi) is 10.6. The number of carbonyl (C=O) groups is 3. The molecule has 0 aliphatic heterocycles. The van der Waals surface area contributed by atoms with Crippen molar-refractivity contribution in [3.8, 4) is 0 Å². The predicted molar refractivity (Wildman–Crippen MR) is 185 cm³/mol. The van der Waals surface area contributed by atoms with Crippen LogP contribution in [-0.2, 0) is 9.59 Å². The summed E-state index contributed by atoms with van der Waals surface area (Å²) >= 11 is 1.32. The number of rotatable bonds is 11. The van der Waals surface area contributed by atoms with Gasteiger partial charge in [0.25, 0.3) is 17.5 Å². The van der Waals surface area contributed by atoms with E-state index in [1.165, 1.54) is 30.0 Å². The number of hydrogen-bond acceptors (Lipinski definition) is 6. The standard InChI is InChI=1S/C37H30N4O5S/c1-25-23-30(41(45)46)19-22-32(25)39-37(44)34(27-13-7-3-8-14-27)47-31-20-17-29(18-21-31)38-36(43)33(24-26-11-5-2-6-12-26)40-35(42)28-15-9-4-10-16-28/h2-24,34H,1H3,(H,38,43)(H,39,44)(H,40,42)/b33-24-. The average molecular weight is 643 g/mol. The molecule has 0 aliphatic rings. The quantitative estimate of drug-likeness (QED) is 0.0584. The van der Waals surface area contributed by atoms with Crippen LogP contribution in [0.3, 0.4) is 0 Å². The maximum atomic E-state index is 13.6. The minimum atomic E-state index is -0.639. The molecule has 0 saturated carbocycles. The molecule has 0 spiro atoms. The number of non-ortho nitro benzene ring substituents is 1. The minimum absolute atomic E-state index is 0.0529. The Bertz CT molecular complexity index is 1920. The fourth-order valence-corrected chi connectivity index (χ4v) is 5.63. The van der Waals surface area contributed by atoms with E-state index in [9.17, 15) is 24.5 Å². The SMILES string of the molecule is Cc1cc([N+](=O)[O-])ccc1NC(=O)C(Sc1ccc(NC(=O)/C(=C/c2ccccc2)NC(=O)c2ccccc2)cc1)c1ccccc1. The van der Waals surface area contributed by atoms with Gasteiger partial charge in [-0.1, -0.05) is 78.9 Å². The Morgan fingerprint density at radius 3 is 2.00 bits per heavy atom. The van der Waals surface area contributed by atoms with Crippen LogP contribution in [-0.4, -0.2) is 22.6 Å². The van der Waals surface area contributed by atoms with E-state index in [4.69, 9.17) is 0 Å². The third kappa shape index (κ3) is 8.80. The fourth-order valence-electron chi connectivity index (χ4n) is 4.61. The number of thioether (sulfide) groups is 1. The van der Waals surface area contributed by atoms with E-state index in [1.54, 1.807) is 67.6 Å². The number of nitrogens with one attached hydrogen (secondary N) is 3. The Morgan fingerprint density at radius 1 is 0.766 bits per heavy atom. The molecular weight excluding hydrogens is 612 g/mol. The molecule has 0 radical (unpaired) electrons. The first-order valence-electron chi connectivity index (χ1n) is 14.6. The van der Waals surface area contributed by atoms with Gasteiger partial charge in [0.1, 0.15) is 10.9 Å². The van der Waals surface area contributed by atoms with Crippen LogP contribution < -0.4 is 16.0 Å². The summed E-state index contributed by atoms with van der Waals surface area (Å²) in [6.07, 6.45) is 1.61. The Labute approximate surface area is 275 Å². The van der Waals surface area contributed by atoms with Gasteiger partial charge in [0.2, 0.25) is 5.91 Å². The maximum absolute atomic E-state index is 13.6. The average Bonchev–Trinajstić information content (AvgIpc) is 3.09. The van der Waals surface area contributed by atoms with Crippen LogP contribution >= 0.6 is 11.8 Å². The summed E-state index contributed by atoms with van der Waals surface area (Å²) in [7, 11) is 0. The number of nitro benzene ring substituents is 1. The molecule has 5 aromatic carbocycles. The molecule has 47 heavy (non-hydrogen) atoms. The molecular formula is C37H30N4O5S. The van der Waals surface area contributed by atoms with Crippen LogP contribution in [0.1, 0.15) is 32.3 Å². The third-order valence-corrected chi connectivity index (χ3v) is 8.29. The highest BCUT2D eigenvalue weighted by Crippen LogP contribution is 2.37. The summed E-state index contributed by atoms with van der Waals surface area (Å²) in [5, 5.41) is 19.0. The summed E-state index contributed by atoms with van der Waals surface area (Å²) in [6, 6.07) is 38.5. The van der Waals surface area contributed by atoms with Gasteiger partial charge in [0.05, 0.1) is 4.92 Å². The van der Waals surface area contributed by atoms with E-state index in [-0.39, 0.29) is 17.3 Å². The minimum Gasteiger partial charge on any atom is -0.325 e. The number of benzene rings is 5. The van der Waals surface area contributed by atoms with Crippen molar-refractivity contribution in [2.45, 2.75) is 17.1 Å². The smallest absolute Gasteiger partial charge is 0.272 e. The van der Waals surface area contributed by atoms with Crippen LogP contribution in [0.2, 0.25) is 0 Å². The van der Waals surface area contributed by atoms with Crippen molar-refractivity contribution in [2.24, 2.45) is 0 Å². The van der Waals surface area contributed by atoms with Gasteiger partial charge in [0, 0.05) is 34.0 Å². The first-order valence-corrected chi connectivity index (χ1v) is 15.5. The van der Waals surface area contributed by atoms with Gasteiger partial charge < -0.3 is 16.0 Å². The second kappa shape index (κ2) is 15.3. The van der Waals surface area contributed by atoms with Gasteiger partial charge in [-0.25, -0.2) is 0 Å². The molecule has 234 valence electrons. The van der Waals surface area contributed by atoms with E-state index >= 15 is 0 Å². The molecule has 0 heterocycles. The summed E-state index contributed by atoms with van der Waals surface area (Å²) < 4.78 is 0. The van der Waals surface area contributed by atoms with Crippen LogP contribution in [0.25, 0.3) is 6.08 Å². The lowest BCUT2D eigenvalue weighted by Gasteiger charge is -2.18. The summed E-state index contributed by atoms with van der Waals surface area (Å²) in [5.41, 5.74) is 3.51. The first kappa shape index (κ1) is 32.4. The number of nitrogens with zero attached hydrogens (tertiary/aromatic N) is 1. The lowest BCUT2D eigenvalue weighted by molar-refractivity contribution is -0.384. The van der Waals surface area contributed by atoms with Crippen molar-refractivity contribution in [2.75, 3.05) is 10.6 Å². The van der Waals surface area contributed by atoms with Crippen molar-refractivity contribution in [1.29, 1.82) is 0 Å². The molecule has 0 aromatic heterocycles. The Balaban J connectivity index is 1.32. The summed E-state index contributed by atoms with van der Waals surface area (Å²) in [4.78, 5) is 51.3. The fraction of sp³-hybridized carbons (Fsp3) is 0.0541. The zero-order valence-electron chi connectivity index (χ0n) is 25.3. The first-order chi connectivity index (χ1) is 22.8. The van der Waals surface area contributed by atoms with Gasteiger partial charge in [-0.05, 0) is 72.2 Å². The second-order valence-electron chi connectivity index (χ2n) is 10.4. The van der Waals surface area contributed by atoms with Crippen LogP contribution in [0.15, 0.2) is 144 Å². The molecule has 0 fully saturated rings. The molecule has 3 amide bonds. The highest BCUT2D eigenvalue weighted by molar-refractivity contribution is 8.00. The van der Waals surface area contributed by atoms with Crippen LogP contribution in [0.5, 0.6) is 0 Å². The van der Waals surface area contributed by atoms with Gasteiger partial charge in [-0.2, -0.15) is 0 Å². The molecule has 0 aliphatic carbocycles. The molecule has 1 atom stereocenters. The van der Waals surface area contributed by atoms with Crippen molar-refractivity contribution in [3.63, 3.8) is 0 Å². The molecule has 1 unspecified atom stereocenters. The zero-order chi connectivity index (χ0) is 33.2. The van der Waals surface area contributed by atoms with Crippen molar-refractivity contribution < 1.29 is 19.3 Å². The van der Waals surface area contributed by atoms with E-state index in [0.717, 1.165) is 16.0 Å². The second-order valence-corrected chi connectivity index (χ2v) is 11.6. The van der Waals surface area contributed by atoms with E-state index < -0.39 is 22.0 Å². The highest BCUT2D eigenvalue weighted by Gasteiger charge is 2.23. The zero-order valence-corrected chi connectivity index (χ0v) is 26.1. The molecule has 3 N–H and O–H groups in total. The van der Waals surface area contributed by atoms with E-state index in [1.807, 2.05) is 60.7 Å². The molecule has 0 saturated heterocycles. The van der Waals surface area contributed by atoms with Crippen LogP contribution in [0.4, 0.5) is 17.1 Å². The Hall–Kier alpha value is -6.00. The van der Waals surface area contributed by atoms with Crippen molar-refractivity contribution in [1.82, 2.24) is 5.32 Å².